The second kappa shape index (κ2) is 2.28. The van der Waals surface area contributed by atoms with E-state index in [0.717, 1.165) is 6.61 Å². The van der Waals surface area contributed by atoms with Gasteiger partial charge in [0.1, 0.15) is 0 Å². The number of ether oxygens (including phenoxy) is 1. The SMILES string of the molecule is COC[C@@H]1CCN1. The van der Waals surface area contributed by atoms with Crippen molar-refractivity contribution in [3.63, 3.8) is 0 Å². The van der Waals surface area contributed by atoms with E-state index in [9.17, 15) is 0 Å². The highest BCUT2D eigenvalue weighted by molar-refractivity contribution is 4.75. The van der Waals surface area contributed by atoms with E-state index in [1.165, 1.54) is 13.0 Å². The van der Waals surface area contributed by atoms with E-state index in [-0.39, 0.29) is 0 Å². The molecule has 1 N–H and O–H groups in total. The number of hydrogen-bond donors (Lipinski definition) is 1. The average molecular weight is 101 g/mol. The van der Waals surface area contributed by atoms with Crippen LogP contribution in [-0.2, 0) is 4.74 Å². The first-order valence-electron chi connectivity index (χ1n) is 2.66. The lowest BCUT2D eigenvalue weighted by Gasteiger charge is -2.26. The van der Waals surface area contributed by atoms with Gasteiger partial charge in [-0.2, -0.15) is 0 Å². The maximum absolute atomic E-state index is 4.88. The molecule has 2 nitrogen and oxygen atoms in total. The Kier molecular flexibility index (Phi) is 1.65. The van der Waals surface area contributed by atoms with Crippen LogP contribution < -0.4 is 5.32 Å². The van der Waals surface area contributed by atoms with Gasteiger partial charge in [0.15, 0.2) is 0 Å². The van der Waals surface area contributed by atoms with Gasteiger partial charge in [0.05, 0.1) is 6.61 Å². The quantitative estimate of drug-likeness (QED) is 0.528. The lowest BCUT2D eigenvalue weighted by atomic mass is 10.1. The number of methoxy groups -OCH3 is 1. The fourth-order valence-electron chi connectivity index (χ4n) is 0.692. The van der Waals surface area contributed by atoms with Crippen molar-refractivity contribution in [2.45, 2.75) is 12.5 Å². The maximum Gasteiger partial charge on any atom is 0.0616 e. The summed E-state index contributed by atoms with van der Waals surface area (Å²) in [6, 6.07) is 0.657. The van der Waals surface area contributed by atoms with E-state index < -0.39 is 0 Å². The number of nitrogens with one attached hydrogen (secondary N) is 1. The van der Waals surface area contributed by atoms with Crippen LogP contribution in [0.4, 0.5) is 0 Å². The first-order valence-corrected chi connectivity index (χ1v) is 2.66. The fourth-order valence-corrected chi connectivity index (χ4v) is 0.692. The second-order valence-corrected chi connectivity index (χ2v) is 1.90. The van der Waals surface area contributed by atoms with Crippen LogP contribution in [0.5, 0.6) is 0 Å². The summed E-state index contributed by atoms with van der Waals surface area (Å²) >= 11 is 0. The third-order valence-electron chi connectivity index (χ3n) is 1.29. The molecular weight excluding hydrogens is 90.1 g/mol. The van der Waals surface area contributed by atoms with Crippen LogP contribution in [0.25, 0.3) is 0 Å². The summed E-state index contributed by atoms with van der Waals surface area (Å²) in [7, 11) is 1.74. The average Bonchev–Trinajstić information content (AvgIpc) is 1.55. The van der Waals surface area contributed by atoms with E-state index in [0.29, 0.717) is 6.04 Å². The van der Waals surface area contributed by atoms with Crippen molar-refractivity contribution in [1.29, 1.82) is 0 Å². The molecule has 0 amide bonds. The van der Waals surface area contributed by atoms with Crippen molar-refractivity contribution in [3.05, 3.63) is 0 Å². The fraction of sp³-hybridized carbons (Fsp3) is 1.00. The Morgan fingerprint density at radius 2 is 2.57 bits per heavy atom. The molecule has 1 saturated heterocycles. The van der Waals surface area contributed by atoms with E-state index >= 15 is 0 Å². The Balaban J connectivity index is 1.93. The molecule has 0 aliphatic carbocycles. The molecule has 2 heteroatoms. The van der Waals surface area contributed by atoms with Crippen LogP contribution >= 0.6 is 0 Å². The minimum atomic E-state index is 0.657. The Morgan fingerprint density at radius 1 is 1.86 bits per heavy atom. The molecule has 42 valence electrons. The van der Waals surface area contributed by atoms with Gasteiger partial charge in [0.25, 0.3) is 0 Å². The van der Waals surface area contributed by atoms with Crippen LogP contribution in [0, 0.1) is 0 Å². The predicted molar refractivity (Wildman–Crippen MR) is 28.3 cm³/mol. The molecular formula is C5H11NO. The molecule has 0 spiro atoms. The van der Waals surface area contributed by atoms with Crippen molar-refractivity contribution in [1.82, 2.24) is 5.32 Å². The van der Waals surface area contributed by atoms with Gasteiger partial charge in [0, 0.05) is 13.2 Å². The first kappa shape index (κ1) is 5.06. The van der Waals surface area contributed by atoms with Gasteiger partial charge in [-0.05, 0) is 13.0 Å². The molecule has 0 saturated carbocycles. The van der Waals surface area contributed by atoms with Crippen molar-refractivity contribution in [2.75, 3.05) is 20.3 Å². The molecule has 0 bridgehead atoms. The topological polar surface area (TPSA) is 21.3 Å². The molecule has 0 unspecified atom stereocenters. The Hall–Kier alpha value is -0.0800. The number of hydrogen-bond acceptors (Lipinski definition) is 2. The molecule has 1 fully saturated rings. The van der Waals surface area contributed by atoms with Gasteiger partial charge in [-0.3, -0.25) is 0 Å². The minimum absolute atomic E-state index is 0.657. The van der Waals surface area contributed by atoms with Crippen molar-refractivity contribution < 1.29 is 4.74 Å². The highest BCUT2D eigenvalue weighted by atomic mass is 16.5. The molecule has 0 aromatic carbocycles. The predicted octanol–water partition coefficient (Wildman–Crippen LogP) is -0.00530. The summed E-state index contributed by atoms with van der Waals surface area (Å²) in [5.74, 6) is 0. The third-order valence-corrected chi connectivity index (χ3v) is 1.29. The zero-order valence-corrected chi connectivity index (χ0v) is 4.61. The van der Waals surface area contributed by atoms with Crippen LogP contribution in [0.3, 0.4) is 0 Å². The molecule has 1 heterocycles. The summed E-state index contributed by atoms with van der Waals surface area (Å²) in [5.41, 5.74) is 0. The summed E-state index contributed by atoms with van der Waals surface area (Å²) in [4.78, 5) is 0. The molecule has 1 atom stereocenters. The lowest BCUT2D eigenvalue weighted by molar-refractivity contribution is 0.139. The van der Waals surface area contributed by atoms with Gasteiger partial charge in [-0.15, -0.1) is 0 Å². The Morgan fingerprint density at radius 3 is 2.71 bits per heavy atom. The standard InChI is InChI=1S/C5H11NO/c1-7-4-5-2-3-6-5/h5-6H,2-4H2,1H3/t5-/m0/s1. The smallest absolute Gasteiger partial charge is 0.0616 e. The van der Waals surface area contributed by atoms with Crippen LogP contribution in [0.15, 0.2) is 0 Å². The molecule has 7 heavy (non-hydrogen) atoms. The number of rotatable bonds is 2. The monoisotopic (exact) mass is 101 g/mol. The molecule has 0 radical (unpaired) electrons. The van der Waals surface area contributed by atoms with Crippen molar-refractivity contribution in [3.8, 4) is 0 Å². The molecule has 1 aliphatic heterocycles. The summed E-state index contributed by atoms with van der Waals surface area (Å²) in [6.45, 7) is 2.05. The normalized spacial score (nSPS) is 29.6. The molecule has 1 rings (SSSR count). The highest BCUT2D eigenvalue weighted by Gasteiger charge is 2.14. The zero-order chi connectivity index (χ0) is 5.11. The highest BCUT2D eigenvalue weighted by Crippen LogP contribution is 1.99. The lowest BCUT2D eigenvalue weighted by Crippen LogP contribution is -2.45. The van der Waals surface area contributed by atoms with Crippen molar-refractivity contribution in [2.24, 2.45) is 0 Å². The van der Waals surface area contributed by atoms with E-state index in [4.69, 9.17) is 4.74 Å². The van der Waals surface area contributed by atoms with Gasteiger partial charge >= 0.3 is 0 Å². The van der Waals surface area contributed by atoms with E-state index in [2.05, 4.69) is 5.32 Å². The van der Waals surface area contributed by atoms with Gasteiger partial charge in [-0.1, -0.05) is 0 Å². The zero-order valence-electron chi connectivity index (χ0n) is 4.61. The van der Waals surface area contributed by atoms with Gasteiger partial charge < -0.3 is 10.1 Å². The second-order valence-electron chi connectivity index (χ2n) is 1.90. The molecule has 1 aliphatic rings. The maximum atomic E-state index is 4.88. The van der Waals surface area contributed by atoms with E-state index in [1.807, 2.05) is 0 Å². The minimum Gasteiger partial charge on any atom is -0.383 e. The van der Waals surface area contributed by atoms with Crippen LogP contribution in [0.1, 0.15) is 6.42 Å². The largest absolute Gasteiger partial charge is 0.383 e. The van der Waals surface area contributed by atoms with Gasteiger partial charge in [0.2, 0.25) is 0 Å². The Bertz CT molecular complexity index is 52.0. The first-order chi connectivity index (χ1) is 3.43. The molecule has 0 aromatic heterocycles. The van der Waals surface area contributed by atoms with Crippen molar-refractivity contribution >= 4 is 0 Å². The summed E-state index contributed by atoms with van der Waals surface area (Å²) in [5, 5.41) is 3.22. The van der Waals surface area contributed by atoms with Gasteiger partial charge in [-0.25, -0.2) is 0 Å². The van der Waals surface area contributed by atoms with Crippen LogP contribution in [-0.4, -0.2) is 26.3 Å². The van der Waals surface area contributed by atoms with Crippen LogP contribution in [0.2, 0.25) is 0 Å². The molecule has 0 aromatic rings. The Labute approximate surface area is 43.9 Å². The summed E-state index contributed by atoms with van der Waals surface area (Å²) in [6.07, 6.45) is 1.29. The third kappa shape index (κ3) is 1.14. The summed E-state index contributed by atoms with van der Waals surface area (Å²) < 4.78 is 4.88. The van der Waals surface area contributed by atoms with E-state index in [1.54, 1.807) is 7.11 Å².